The highest BCUT2D eigenvalue weighted by molar-refractivity contribution is 6.33. The molecule has 1 aromatic carbocycles. The van der Waals surface area contributed by atoms with Crippen LogP contribution in [-0.2, 0) is 18.4 Å². The zero-order valence-corrected chi connectivity index (χ0v) is 13.1. The first-order valence-electron chi connectivity index (χ1n) is 6.98. The molecule has 0 atom stereocenters. The molecule has 1 N–H and O–H groups in total. The van der Waals surface area contributed by atoms with E-state index in [0.29, 0.717) is 21.7 Å². The molecule has 0 aliphatic carbocycles. The molecular weight excluding hydrogens is 318 g/mol. The van der Waals surface area contributed by atoms with Gasteiger partial charge in [-0.1, -0.05) is 23.7 Å². The Labute approximate surface area is 136 Å². The van der Waals surface area contributed by atoms with Gasteiger partial charge in [-0.15, -0.1) is 0 Å². The number of anilines is 1. The number of benzene rings is 1. The lowest BCUT2D eigenvalue weighted by Crippen LogP contribution is -2.23. The molecule has 3 aromatic rings. The van der Waals surface area contributed by atoms with Crippen LogP contribution in [0.15, 0.2) is 41.6 Å². The van der Waals surface area contributed by atoms with Crippen molar-refractivity contribution in [2.24, 2.45) is 7.05 Å². The molecule has 23 heavy (non-hydrogen) atoms. The average Bonchev–Trinajstić information content (AvgIpc) is 2.91. The van der Waals surface area contributed by atoms with Crippen LogP contribution < -0.4 is 10.9 Å². The first-order valence-corrected chi connectivity index (χ1v) is 7.35. The number of nitrogens with zero attached hydrogens (tertiary/aromatic N) is 4. The predicted octanol–water partition coefficient (Wildman–Crippen LogP) is 1.81. The molecule has 0 saturated heterocycles. The Morgan fingerprint density at radius 3 is 2.91 bits per heavy atom. The fourth-order valence-corrected chi connectivity index (χ4v) is 2.41. The minimum atomic E-state index is -0.226. The highest BCUT2D eigenvalue weighted by Crippen LogP contribution is 2.20. The Morgan fingerprint density at radius 1 is 1.35 bits per heavy atom. The molecule has 118 valence electrons. The Kier molecular flexibility index (Phi) is 4.12. The number of aromatic nitrogens is 4. The van der Waals surface area contributed by atoms with Crippen LogP contribution in [0.4, 0.5) is 5.69 Å². The van der Waals surface area contributed by atoms with Crippen LogP contribution in [0.1, 0.15) is 6.42 Å². The van der Waals surface area contributed by atoms with Gasteiger partial charge in [0.05, 0.1) is 23.2 Å². The maximum absolute atomic E-state index is 12.3. The molecule has 7 nitrogen and oxygen atoms in total. The number of fused-ring (bicyclic) bond motifs is 1. The Bertz CT molecular complexity index is 931. The van der Waals surface area contributed by atoms with Crippen LogP contribution in [0.5, 0.6) is 0 Å². The van der Waals surface area contributed by atoms with E-state index < -0.39 is 0 Å². The Hall–Kier alpha value is -2.67. The van der Waals surface area contributed by atoms with Crippen molar-refractivity contribution in [1.82, 2.24) is 19.3 Å². The highest BCUT2D eigenvalue weighted by Gasteiger charge is 2.10. The first-order chi connectivity index (χ1) is 11.1. The smallest absolute Gasteiger partial charge is 0.264 e. The zero-order valence-electron chi connectivity index (χ0n) is 12.4. The third-order valence-electron chi connectivity index (χ3n) is 3.45. The summed E-state index contributed by atoms with van der Waals surface area (Å²) in [4.78, 5) is 28.5. The molecule has 3 rings (SSSR count). The fourth-order valence-electron chi connectivity index (χ4n) is 2.22. The molecule has 2 heterocycles. The number of carbonyl (C=O) groups is 1. The van der Waals surface area contributed by atoms with Gasteiger partial charge in [0, 0.05) is 20.0 Å². The van der Waals surface area contributed by atoms with E-state index in [2.05, 4.69) is 15.4 Å². The molecule has 0 aliphatic heterocycles. The SMILES string of the molecule is Cn1ncc2c(=O)n(CCC(=O)Nc3ccccc3Cl)cnc21. The van der Waals surface area contributed by atoms with E-state index in [0.717, 1.165) is 0 Å². The largest absolute Gasteiger partial charge is 0.325 e. The topological polar surface area (TPSA) is 81.8 Å². The number of hydrogen-bond acceptors (Lipinski definition) is 4. The quantitative estimate of drug-likeness (QED) is 0.790. The van der Waals surface area contributed by atoms with Gasteiger partial charge in [0.2, 0.25) is 5.91 Å². The summed E-state index contributed by atoms with van der Waals surface area (Å²) in [5, 5.41) is 7.62. The molecule has 0 saturated carbocycles. The number of aryl methyl sites for hydroxylation is 2. The van der Waals surface area contributed by atoms with Gasteiger partial charge in [-0.2, -0.15) is 5.10 Å². The number of rotatable bonds is 4. The van der Waals surface area contributed by atoms with Crippen LogP contribution >= 0.6 is 11.6 Å². The Balaban J connectivity index is 1.71. The molecule has 0 fully saturated rings. The van der Waals surface area contributed by atoms with Crippen molar-refractivity contribution in [2.45, 2.75) is 13.0 Å². The summed E-state index contributed by atoms with van der Waals surface area (Å²) in [5.74, 6) is -0.226. The van der Waals surface area contributed by atoms with Gasteiger partial charge in [0.1, 0.15) is 5.39 Å². The summed E-state index contributed by atoms with van der Waals surface area (Å²) in [7, 11) is 1.72. The number of halogens is 1. The third-order valence-corrected chi connectivity index (χ3v) is 3.78. The normalized spacial score (nSPS) is 10.9. The summed E-state index contributed by atoms with van der Waals surface area (Å²) in [6, 6.07) is 6.98. The van der Waals surface area contributed by atoms with Gasteiger partial charge in [-0.3, -0.25) is 18.8 Å². The summed E-state index contributed by atoms with van der Waals surface area (Å²) in [6.07, 6.45) is 3.04. The van der Waals surface area contributed by atoms with Crippen molar-refractivity contribution >= 4 is 34.2 Å². The standard InChI is InChI=1S/C15H14ClN5O2/c1-20-14-10(8-18-20)15(23)21(9-17-14)7-6-13(22)19-12-5-3-2-4-11(12)16/h2-5,8-9H,6-7H2,1H3,(H,19,22). The van der Waals surface area contributed by atoms with E-state index in [1.54, 1.807) is 31.3 Å². The number of nitrogens with one attached hydrogen (secondary N) is 1. The monoisotopic (exact) mass is 331 g/mol. The van der Waals surface area contributed by atoms with E-state index in [1.165, 1.54) is 21.8 Å². The van der Waals surface area contributed by atoms with E-state index >= 15 is 0 Å². The molecule has 0 aliphatic rings. The summed E-state index contributed by atoms with van der Waals surface area (Å²) >= 11 is 5.99. The van der Waals surface area contributed by atoms with Crippen molar-refractivity contribution in [1.29, 1.82) is 0 Å². The van der Waals surface area contributed by atoms with Crippen LogP contribution in [0.3, 0.4) is 0 Å². The van der Waals surface area contributed by atoms with Crippen molar-refractivity contribution < 1.29 is 4.79 Å². The second-order valence-corrected chi connectivity index (χ2v) is 5.43. The van der Waals surface area contributed by atoms with Crippen LogP contribution in [0.25, 0.3) is 11.0 Å². The number of carbonyl (C=O) groups excluding carboxylic acids is 1. The Morgan fingerprint density at radius 2 is 2.13 bits per heavy atom. The van der Waals surface area contributed by atoms with Gasteiger partial charge in [-0.05, 0) is 12.1 Å². The van der Waals surface area contributed by atoms with Crippen LogP contribution in [0.2, 0.25) is 5.02 Å². The van der Waals surface area contributed by atoms with E-state index in [-0.39, 0.29) is 24.4 Å². The van der Waals surface area contributed by atoms with Gasteiger partial charge < -0.3 is 5.32 Å². The molecule has 0 radical (unpaired) electrons. The van der Waals surface area contributed by atoms with Crippen LogP contribution in [-0.4, -0.2) is 25.2 Å². The number of para-hydroxylation sites is 1. The van der Waals surface area contributed by atoms with Crippen molar-refractivity contribution in [3.05, 3.63) is 52.2 Å². The second-order valence-electron chi connectivity index (χ2n) is 5.03. The highest BCUT2D eigenvalue weighted by atomic mass is 35.5. The number of hydrogen-bond donors (Lipinski definition) is 1. The van der Waals surface area contributed by atoms with E-state index in [1.807, 2.05) is 0 Å². The second kappa shape index (κ2) is 6.21. The van der Waals surface area contributed by atoms with Crippen molar-refractivity contribution in [3.63, 3.8) is 0 Å². The minimum absolute atomic E-state index is 0.137. The summed E-state index contributed by atoms with van der Waals surface area (Å²) < 4.78 is 2.93. The van der Waals surface area contributed by atoms with E-state index in [9.17, 15) is 9.59 Å². The first kappa shape index (κ1) is 15.2. The fraction of sp³-hybridized carbons (Fsp3) is 0.200. The maximum atomic E-state index is 12.3. The summed E-state index contributed by atoms with van der Waals surface area (Å²) in [5.41, 5.74) is 0.854. The molecule has 0 spiro atoms. The molecule has 8 heteroatoms. The summed E-state index contributed by atoms with van der Waals surface area (Å²) in [6.45, 7) is 0.229. The van der Waals surface area contributed by atoms with Gasteiger partial charge >= 0.3 is 0 Å². The zero-order chi connectivity index (χ0) is 16.4. The lowest BCUT2D eigenvalue weighted by atomic mass is 10.3. The lowest BCUT2D eigenvalue weighted by Gasteiger charge is -2.08. The molecule has 1 amide bonds. The van der Waals surface area contributed by atoms with Crippen LogP contribution in [0, 0.1) is 0 Å². The molecular formula is C15H14ClN5O2. The van der Waals surface area contributed by atoms with Crippen molar-refractivity contribution in [3.8, 4) is 0 Å². The lowest BCUT2D eigenvalue weighted by molar-refractivity contribution is -0.116. The number of amides is 1. The third kappa shape index (κ3) is 3.09. The van der Waals surface area contributed by atoms with Crippen molar-refractivity contribution in [2.75, 3.05) is 5.32 Å². The minimum Gasteiger partial charge on any atom is -0.325 e. The van der Waals surface area contributed by atoms with Gasteiger partial charge in [0.25, 0.3) is 5.56 Å². The maximum Gasteiger partial charge on any atom is 0.264 e. The van der Waals surface area contributed by atoms with Gasteiger partial charge in [0.15, 0.2) is 5.65 Å². The van der Waals surface area contributed by atoms with E-state index in [4.69, 9.17) is 11.6 Å². The predicted molar refractivity (Wildman–Crippen MR) is 87.5 cm³/mol. The molecule has 0 unspecified atom stereocenters. The molecule has 2 aromatic heterocycles. The molecule has 0 bridgehead atoms. The average molecular weight is 332 g/mol. The van der Waals surface area contributed by atoms with Gasteiger partial charge in [-0.25, -0.2) is 4.98 Å².